The van der Waals surface area contributed by atoms with Crippen molar-refractivity contribution in [3.05, 3.63) is 58.8 Å². The Kier molecular flexibility index (Phi) is 6.58. The summed E-state index contributed by atoms with van der Waals surface area (Å²) in [6, 6.07) is 13.3. The molecule has 0 radical (unpaired) electrons. The van der Waals surface area contributed by atoms with Crippen molar-refractivity contribution in [1.82, 2.24) is 4.90 Å². The number of hydrogen-bond acceptors (Lipinski definition) is 6. The summed E-state index contributed by atoms with van der Waals surface area (Å²) >= 11 is 0. The first-order valence-electron chi connectivity index (χ1n) is 12.3. The molecule has 2 saturated heterocycles. The summed E-state index contributed by atoms with van der Waals surface area (Å²) in [4.78, 5) is 31.4. The highest BCUT2D eigenvalue weighted by Crippen LogP contribution is 2.35. The third-order valence-electron chi connectivity index (χ3n) is 7.22. The molecule has 0 aromatic heterocycles. The fourth-order valence-corrected chi connectivity index (χ4v) is 5.37. The number of anilines is 3. The number of benzene rings is 2. The lowest BCUT2D eigenvalue weighted by Gasteiger charge is -2.41. The standard InChI is InChI=1S/C26H31N4O4/c31-25(29-13-5-1-2-6-14-29)19-9-10-24(22(17-19)27-33)28-15-11-21(12-16-28)30-23-8-4-3-7-20(23)18-34-26(30)32/h3-4,7-10,17,21,27H,1-2,5-6,11-16,18H2/q-1. The fraction of sp³-hybridized carbons (Fsp3) is 0.462. The van der Waals surface area contributed by atoms with E-state index in [1.165, 1.54) is 0 Å². The SMILES string of the molecule is O=C(c1ccc(N2CCC(N3C(=O)OCc4ccccc43)CC2)c(N[O-])c1)N1CCCCCC1. The lowest BCUT2D eigenvalue weighted by atomic mass is 9.99. The summed E-state index contributed by atoms with van der Waals surface area (Å²) in [6.07, 6.45) is 5.60. The van der Waals surface area contributed by atoms with Crippen molar-refractivity contribution in [1.29, 1.82) is 0 Å². The molecule has 3 heterocycles. The number of hydrogen-bond donors (Lipinski definition) is 1. The molecule has 0 aliphatic carbocycles. The van der Waals surface area contributed by atoms with Gasteiger partial charge in [0, 0.05) is 49.0 Å². The number of cyclic esters (lactones) is 1. The van der Waals surface area contributed by atoms with Crippen molar-refractivity contribution in [3.63, 3.8) is 0 Å². The Bertz CT molecular complexity index is 1040. The smallest absolute Gasteiger partial charge is 0.414 e. The summed E-state index contributed by atoms with van der Waals surface area (Å²) in [5, 5.41) is 11.8. The van der Waals surface area contributed by atoms with Crippen LogP contribution in [0.15, 0.2) is 42.5 Å². The van der Waals surface area contributed by atoms with E-state index in [4.69, 9.17) is 4.74 Å². The van der Waals surface area contributed by atoms with Crippen LogP contribution in [0.25, 0.3) is 0 Å². The summed E-state index contributed by atoms with van der Waals surface area (Å²) in [5.41, 5.74) is 5.76. The molecular weight excluding hydrogens is 432 g/mol. The van der Waals surface area contributed by atoms with E-state index in [0.717, 1.165) is 68.6 Å². The van der Waals surface area contributed by atoms with Crippen LogP contribution in [-0.4, -0.2) is 49.1 Å². The zero-order valence-electron chi connectivity index (χ0n) is 19.4. The van der Waals surface area contributed by atoms with Crippen LogP contribution in [-0.2, 0) is 11.3 Å². The number of fused-ring (bicyclic) bond motifs is 1. The van der Waals surface area contributed by atoms with Crippen molar-refractivity contribution in [2.24, 2.45) is 0 Å². The van der Waals surface area contributed by atoms with Crippen LogP contribution in [0, 0.1) is 5.21 Å². The van der Waals surface area contributed by atoms with E-state index in [2.05, 4.69) is 10.4 Å². The maximum Gasteiger partial charge on any atom is 0.414 e. The lowest BCUT2D eigenvalue weighted by molar-refractivity contribution is 0.0761. The normalized spacial score (nSPS) is 19.3. The first-order valence-corrected chi connectivity index (χ1v) is 12.3. The Labute approximate surface area is 200 Å². The Morgan fingerprint density at radius 1 is 0.941 bits per heavy atom. The summed E-state index contributed by atoms with van der Waals surface area (Å²) < 4.78 is 5.40. The van der Waals surface area contributed by atoms with Crippen LogP contribution in [0.1, 0.15) is 54.4 Å². The third-order valence-corrected chi connectivity index (χ3v) is 7.22. The van der Waals surface area contributed by atoms with Crippen molar-refractivity contribution in [2.45, 2.75) is 51.2 Å². The number of likely N-dealkylation sites (tertiary alicyclic amines) is 1. The molecule has 1 N–H and O–H groups in total. The molecule has 8 heteroatoms. The Balaban J connectivity index is 1.28. The molecular formula is C26H31N4O4-. The second-order valence-corrected chi connectivity index (χ2v) is 9.31. The number of nitrogens with one attached hydrogen (secondary N) is 1. The molecule has 0 saturated carbocycles. The Morgan fingerprint density at radius 2 is 1.68 bits per heavy atom. The summed E-state index contributed by atoms with van der Waals surface area (Å²) in [6.45, 7) is 3.26. The molecule has 2 fully saturated rings. The first kappa shape index (κ1) is 22.5. The molecule has 0 bridgehead atoms. The fourth-order valence-electron chi connectivity index (χ4n) is 5.37. The minimum atomic E-state index is -0.296. The Hall–Kier alpha value is -3.26. The zero-order chi connectivity index (χ0) is 23.5. The lowest BCUT2D eigenvalue weighted by Crippen LogP contribution is -2.49. The van der Waals surface area contributed by atoms with Gasteiger partial charge in [-0.3, -0.25) is 9.69 Å². The molecule has 0 unspecified atom stereocenters. The summed E-state index contributed by atoms with van der Waals surface area (Å²) in [5.74, 6) is -0.00839. The maximum absolute atomic E-state index is 13.0. The predicted molar refractivity (Wildman–Crippen MR) is 132 cm³/mol. The van der Waals surface area contributed by atoms with E-state index in [9.17, 15) is 14.8 Å². The average molecular weight is 464 g/mol. The van der Waals surface area contributed by atoms with Gasteiger partial charge in [0.25, 0.3) is 5.91 Å². The van der Waals surface area contributed by atoms with Crippen LogP contribution in [0.5, 0.6) is 0 Å². The molecule has 34 heavy (non-hydrogen) atoms. The van der Waals surface area contributed by atoms with Crippen LogP contribution in [0.3, 0.4) is 0 Å². The van der Waals surface area contributed by atoms with E-state index in [1.807, 2.05) is 41.3 Å². The summed E-state index contributed by atoms with van der Waals surface area (Å²) in [7, 11) is 0. The number of piperidine rings is 1. The molecule has 2 aromatic carbocycles. The van der Waals surface area contributed by atoms with Crippen molar-refractivity contribution in [3.8, 4) is 0 Å². The van der Waals surface area contributed by atoms with E-state index >= 15 is 0 Å². The van der Waals surface area contributed by atoms with Crippen molar-refractivity contribution >= 4 is 29.1 Å². The van der Waals surface area contributed by atoms with Gasteiger partial charge in [0.1, 0.15) is 6.61 Å². The molecule has 180 valence electrons. The number of amides is 2. The van der Waals surface area contributed by atoms with Crippen LogP contribution < -0.4 is 15.3 Å². The van der Waals surface area contributed by atoms with Crippen LogP contribution in [0.2, 0.25) is 0 Å². The predicted octanol–water partition coefficient (Wildman–Crippen LogP) is 4.74. The quantitative estimate of drug-likeness (QED) is 0.659. The largest absolute Gasteiger partial charge is 0.761 e. The van der Waals surface area contributed by atoms with Gasteiger partial charge < -0.3 is 25.2 Å². The highest BCUT2D eigenvalue weighted by atomic mass is 16.6. The van der Waals surface area contributed by atoms with E-state index < -0.39 is 0 Å². The molecule has 0 atom stereocenters. The van der Waals surface area contributed by atoms with Crippen LogP contribution >= 0.6 is 0 Å². The minimum Gasteiger partial charge on any atom is -0.761 e. The number of para-hydroxylation sites is 1. The van der Waals surface area contributed by atoms with Gasteiger partial charge >= 0.3 is 6.09 Å². The van der Waals surface area contributed by atoms with Gasteiger partial charge in [0.15, 0.2) is 0 Å². The highest BCUT2D eigenvalue weighted by molar-refractivity contribution is 5.96. The van der Waals surface area contributed by atoms with Gasteiger partial charge in [-0.15, -0.1) is 0 Å². The molecule has 2 amide bonds. The molecule has 2 aromatic rings. The monoisotopic (exact) mass is 463 g/mol. The first-order chi connectivity index (χ1) is 16.7. The van der Waals surface area contributed by atoms with Gasteiger partial charge in [-0.25, -0.2) is 4.79 Å². The molecule has 3 aliphatic heterocycles. The maximum atomic E-state index is 13.0. The van der Waals surface area contributed by atoms with Gasteiger partial charge in [0.05, 0.1) is 11.4 Å². The molecule has 5 rings (SSSR count). The van der Waals surface area contributed by atoms with E-state index in [1.54, 1.807) is 11.0 Å². The molecule has 8 nitrogen and oxygen atoms in total. The number of rotatable bonds is 4. The third kappa shape index (κ3) is 4.42. The van der Waals surface area contributed by atoms with Crippen LogP contribution in [0.4, 0.5) is 21.9 Å². The van der Waals surface area contributed by atoms with Crippen molar-refractivity contribution in [2.75, 3.05) is 41.5 Å². The van der Waals surface area contributed by atoms with E-state index in [0.29, 0.717) is 30.9 Å². The second kappa shape index (κ2) is 9.93. The van der Waals surface area contributed by atoms with E-state index in [-0.39, 0.29) is 18.0 Å². The molecule has 0 spiro atoms. The second-order valence-electron chi connectivity index (χ2n) is 9.31. The minimum absolute atomic E-state index is 0.00839. The number of nitrogens with zero attached hydrogens (tertiary/aromatic N) is 3. The van der Waals surface area contributed by atoms with Crippen molar-refractivity contribution < 1.29 is 14.3 Å². The topological polar surface area (TPSA) is 88.2 Å². The van der Waals surface area contributed by atoms with Gasteiger partial charge in [-0.05, 0) is 49.9 Å². The zero-order valence-corrected chi connectivity index (χ0v) is 19.4. The number of ether oxygens (including phenoxy) is 1. The van der Waals surface area contributed by atoms with Gasteiger partial charge in [-0.1, -0.05) is 31.0 Å². The van der Waals surface area contributed by atoms with Gasteiger partial charge in [-0.2, -0.15) is 0 Å². The Morgan fingerprint density at radius 3 is 2.41 bits per heavy atom. The molecule has 3 aliphatic rings. The number of carbonyl (C=O) groups is 2. The van der Waals surface area contributed by atoms with Gasteiger partial charge in [0.2, 0.25) is 0 Å². The number of carbonyl (C=O) groups excluding carboxylic acids is 2. The highest BCUT2D eigenvalue weighted by Gasteiger charge is 2.34. The average Bonchev–Trinajstić information content (AvgIpc) is 3.18.